The fourth-order valence-corrected chi connectivity index (χ4v) is 5.53. The Bertz CT molecular complexity index is 1450. The summed E-state index contributed by atoms with van der Waals surface area (Å²) in [6.07, 6.45) is 6.21. The molecule has 1 heterocycles. The molecule has 1 N–H and O–H groups in total. The van der Waals surface area contributed by atoms with E-state index in [1.165, 1.54) is 18.5 Å². The van der Waals surface area contributed by atoms with Crippen LogP contribution in [0.4, 0.5) is 19.0 Å². The monoisotopic (exact) mass is 598 g/mol. The number of alkyl halides is 3. The molecule has 3 aromatic rings. The van der Waals surface area contributed by atoms with Crippen LogP contribution in [0.3, 0.4) is 0 Å². The summed E-state index contributed by atoms with van der Waals surface area (Å²) in [4.78, 5) is 16.9. The van der Waals surface area contributed by atoms with Crippen LogP contribution >= 0.6 is 11.6 Å². The van der Waals surface area contributed by atoms with Crippen molar-refractivity contribution in [2.45, 2.75) is 63.2 Å². The van der Waals surface area contributed by atoms with Crippen LogP contribution in [-0.2, 0) is 33.5 Å². The van der Waals surface area contributed by atoms with Crippen molar-refractivity contribution in [1.29, 1.82) is 0 Å². The number of carbonyl (C=O) groups is 1. The first-order chi connectivity index (χ1) is 19.0. The Morgan fingerprint density at radius 3 is 2.33 bits per heavy atom. The summed E-state index contributed by atoms with van der Waals surface area (Å²) in [7, 11) is -5.77. The average Bonchev–Trinajstić information content (AvgIpc) is 2.93. The Kier molecular flexibility index (Phi) is 8.89. The van der Waals surface area contributed by atoms with Gasteiger partial charge in [0.1, 0.15) is 11.4 Å². The minimum atomic E-state index is -5.77. The van der Waals surface area contributed by atoms with E-state index in [0.29, 0.717) is 41.4 Å². The fourth-order valence-electron chi connectivity index (χ4n) is 4.73. The molecule has 4 rings (SSSR count). The molecule has 1 aliphatic rings. The van der Waals surface area contributed by atoms with E-state index in [-0.39, 0.29) is 6.73 Å². The van der Waals surface area contributed by atoms with Gasteiger partial charge < -0.3 is 14.2 Å². The average molecular weight is 599 g/mol. The van der Waals surface area contributed by atoms with E-state index in [1.807, 2.05) is 6.92 Å². The van der Waals surface area contributed by atoms with Gasteiger partial charge in [-0.25, -0.2) is 4.79 Å². The summed E-state index contributed by atoms with van der Waals surface area (Å²) in [5, 5.41) is 3.81. The van der Waals surface area contributed by atoms with E-state index in [4.69, 9.17) is 16.3 Å². The molecule has 13 heteroatoms. The van der Waals surface area contributed by atoms with Crippen LogP contribution in [0.2, 0.25) is 5.02 Å². The lowest BCUT2D eigenvalue weighted by Gasteiger charge is -2.38. The Morgan fingerprint density at radius 2 is 1.73 bits per heavy atom. The maximum atomic E-state index is 12.7. The molecule has 1 aromatic heterocycles. The van der Waals surface area contributed by atoms with Crippen LogP contribution in [0.25, 0.3) is 0 Å². The predicted octanol–water partition coefficient (Wildman–Crippen LogP) is 5.90. The number of hydrogen-bond acceptors (Lipinski definition) is 7. The molecule has 0 amide bonds. The van der Waals surface area contributed by atoms with Crippen LogP contribution in [0, 0.1) is 0 Å². The molecule has 0 bridgehead atoms. The summed E-state index contributed by atoms with van der Waals surface area (Å²) in [5.74, 6) is -0.515. The molecule has 0 unspecified atom stereocenters. The maximum absolute atomic E-state index is 12.7. The van der Waals surface area contributed by atoms with Gasteiger partial charge >= 0.3 is 21.6 Å². The van der Waals surface area contributed by atoms with Gasteiger partial charge in [0.05, 0.1) is 11.1 Å². The SMILES string of the molecule is CCc1c(Cl)c(NC2(c3ccc(OS(=O)(=O)C(F)(F)F)cc3)CCCCC2)nc[n+]1COC(=O)c1ccccc1. The molecule has 214 valence electrons. The maximum Gasteiger partial charge on any atom is 0.534 e. The number of esters is 1. The van der Waals surface area contributed by atoms with Gasteiger partial charge in [0, 0.05) is 6.42 Å². The van der Waals surface area contributed by atoms with Crippen LogP contribution < -0.4 is 14.1 Å². The molecular weight excluding hydrogens is 571 g/mol. The number of anilines is 1. The predicted molar refractivity (Wildman–Crippen MR) is 141 cm³/mol. The number of rotatable bonds is 9. The molecule has 40 heavy (non-hydrogen) atoms. The van der Waals surface area contributed by atoms with E-state index < -0.39 is 32.9 Å². The summed E-state index contributed by atoms with van der Waals surface area (Å²) in [5.41, 5.74) is -4.33. The zero-order valence-corrected chi connectivity index (χ0v) is 23.2. The lowest BCUT2D eigenvalue weighted by atomic mass is 9.76. The van der Waals surface area contributed by atoms with Gasteiger partial charge in [0.15, 0.2) is 5.02 Å². The highest BCUT2D eigenvalue weighted by molar-refractivity contribution is 7.88. The van der Waals surface area contributed by atoms with Crippen LogP contribution in [0.5, 0.6) is 5.75 Å². The molecule has 2 aromatic carbocycles. The molecule has 1 aliphatic carbocycles. The normalized spacial score (nSPS) is 15.3. The number of ether oxygens (including phenoxy) is 1. The Labute approximate surface area is 235 Å². The molecule has 8 nitrogen and oxygen atoms in total. The first kappa shape index (κ1) is 29.6. The number of carbonyl (C=O) groups excluding carboxylic acids is 1. The Balaban J connectivity index is 1.57. The number of nitrogens with one attached hydrogen (secondary N) is 1. The van der Waals surface area contributed by atoms with Crippen LogP contribution in [0.15, 0.2) is 60.9 Å². The lowest BCUT2D eigenvalue weighted by molar-refractivity contribution is -0.736. The Morgan fingerprint density at radius 1 is 1.07 bits per heavy atom. The summed E-state index contributed by atoms with van der Waals surface area (Å²) in [6.45, 7) is 1.82. The topological polar surface area (TPSA) is 98.5 Å². The zero-order chi connectivity index (χ0) is 29.0. The van der Waals surface area contributed by atoms with Crippen molar-refractivity contribution in [3.05, 3.63) is 82.8 Å². The molecule has 0 aliphatic heterocycles. The molecule has 1 saturated carbocycles. The standard InChI is InChI=1S/C27H27ClF3N3O5S/c1-2-22-23(28)24(32-17-34(22)18-38-25(35)19-9-5-3-6-10-19)33-26(15-7-4-8-16-26)20-11-13-21(14-12-20)39-40(36,37)27(29,30)31/h3,5-6,9-14,17H,2,4,7-8,15-16,18H2,1H3/p+1. The summed E-state index contributed by atoms with van der Waals surface area (Å²) >= 11 is 6.78. The van der Waals surface area contributed by atoms with Crippen LogP contribution in [-0.4, -0.2) is 24.9 Å². The number of halogens is 4. The number of nitrogens with zero attached hydrogens (tertiary/aromatic N) is 2. The van der Waals surface area contributed by atoms with Gasteiger partial charge in [-0.15, -0.1) is 0 Å². The van der Waals surface area contributed by atoms with Crippen molar-refractivity contribution in [1.82, 2.24) is 4.98 Å². The van der Waals surface area contributed by atoms with E-state index >= 15 is 0 Å². The van der Waals surface area contributed by atoms with Crippen LogP contribution in [0.1, 0.15) is 60.6 Å². The highest BCUT2D eigenvalue weighted by atomic mass is 35.5. The third kappa shape index (κ3) is 6.49. The quantitative estimate of drug-likeness (QED) is 0.142. The van der Waals surface area contributed by atoms with E-state index in [2.05, 4.69) is 14.5 Å². The number of hydrogen-bond donors (Lipinski definition) is 1. The van der Waals surface area contributed by atoms with Crippen molar-refractivity contribution in [3.8, 4) is 5.75 Å². The second kappa shape index (κ2) is 12.0. The largest absolute Gasteiger partial charge is 0.534 e. The van der Waals surface area contributed by atoms with Gasteiger partial charge in [-0.1, -0.05) is 68.1 Å². The molecule has 0 spiro atoms. The third-order valence-corrected chi connectivity index (χ3v) is 8.15. The zero-order valence-electron chi connectivity index (χ0n) is 21.6. The second-order valence-electron chi connectivity index (χ2n) is 9.38. The number of benzene rings is 2. The number of aromatic nitrogens is 2. The van der Waals surface area contributed by atoms with Gasteiger partial charge in [-0.2, -0.15) is 26.2 Å². The van der Waals surface area contributed by atoms with E-state index in [1.54, 1.807) is 47.0 Å². The molecule has 1 fully saturated rings. The van der Waals surface area contributed by atoms with E-state index in [9.17, 15) is 26.4 Å². The highest BCUT2D eigenvalue weighted by Gasteiger charge is 2.48. The van der Waals surface area contributed by atoms with Crippen molar-refractivity contribution in [2.75, 3.05) is 5.32 Å². The Hall–Kier alpha value is -3.38. The molecular formula is C27H28ClF3N3O5S+. The third-order valence-electron chi connectivity index (χ3n) is 6.77. The van der Waals surface area contributed by atoms with Gasteiger partial charge in [0.25, 0.3) is 12.1 Å². The van der Waals surface area contributed by atoms with Gasteiger partial charge in [0.2, 0.25) is 6.73 Å². The molecule has 0 radical (unpaired) electrons. The molecule has 0 saturated heterocycles. The van der Waals surface area contributed by atoms with Crippen molar-refractivity contribution in [3.63, 3.8) is 0 Å². The highest BCUT2D eigenvalue weighted by Crippen LogP contribution is 2.42. The summed E-state index contributed by atoms with van der Waals surface area (Å²) < 4.78 is 72.2. The first-order valence-electron chi connectivity index (χ1n) is 12.6. The second-order valence-corrected chi connectivity index (χ2v) is 11.3. The molecule has 0 atom stereocenters. The minimum Gasteiger partial charge on any atom is -0.421 e. The lowest BCUT2D eigenvalue weighted by Crippen LogP contribution is -2.43. The summed E-state index contributed by atoms with van der Waals surface area (Å²) in [6, 6.07) is 14.1. The van der Waals surface area contributed by atoms with Gasteiger partial charge in [-0.05, 0) is 47.7 Å². The van der Waals surface area contributed by atoms with Crippen molar-refractivity contribution in [2.24, 2.45) is 0 Å². The first-order valence-corrected chi connectivity index (χ1v) is 14.4. The minimum absolute atomic E-state index is 0.0860. The smallest absolute Gasteiger partial charge is 0.421 e. The van der Waals surface area contributed by atoms with Crippen molar-refractivity contribution < 1.29 is 39.9 Å². The van der Waals surface area contributed by atoms with Gasteiger partial charge in [-0.3, -0.25) is 0 Å². The fraction of sp³-hybridized carbons (Fsp3) is 0.370. The van der Waals surface area contributed by atoms with Crippen molar-refractivity contribution >= 4 is 33.5 Å². The van der Waals surface area contributed by atoms with E-state index in [0.717, 1.165) is 24.8 Å².